The molecule has 2 fully saturated rings. The second-order valence-corrected chi connectivity index (χ2v) is 9.97. The normalized spacial score (nSPS) is 21.6. The predicted octanol–water partition coefficient (Wildman–Crippen LogP) is 5.82. The van der Waals surface area contributed by atoms with E-state index in [9.17, 15) is 9.90 Å². The van der Waals surface area contributed by atoms with E-state index in [1.54, 1.807) is 6.92 Å². The summed E-state index contributed by atoms with van der Waals surface area (Å²) in [5.41, 5.74) is 1.54. The number of thiazole rings is 1. The van der Waals surface area contributed by atoms with Gasteiger partial charge < -0.3 is 9.84 Å². The van der Waals surface area contributed by atoms with E-state index in [1.165, 1.54) is 57.8 Å². The summed E-state index contributed by atoms with van der Waals surface area (Å²) in [6.45, 7) is 2.56. The van der Waals surface area contributed by atoms with Crippen LogP contribution in [0.1, 0.15) is 81.1 Å². The van der Waals surface area contributed by atoms with Gasteiger partial charge in [-0.25, -0.2) is 0 Å². The average molecular weight is 426 g/mol. The molecule has 0 saturated heterocycles. The third kappa shape index (κ3) is 4.75. The smallest absolute Gasteiger partial charge is 0.307 e. The first-order valence-corrected chi connectivity index (χ1v) is 12.0. The Morgan fingerprint density at radius 1 is 1.20 bits per heavy atom. The number of benzene rings is 1. The molecular weight excluding hydrogens is 394 g/mol. The summed E-state index contributed by atoms with van der Waals surface area (Å²) in [6, 6.07) is 7.92. The van der Waals surface area contributed by atoms with Gasteiger partial charge in [0.2, 0.25) is 5.88 Å². The van der Waals surface area contributed by atoms with E-state index in [1.807, 2.05) is 24.3 Å². The topological polar surface area (TPSA) is 62.3 Å². The van der Waals surface area contributed by atoms with Crippen molar-refractivity contribution in [3.8, 4) is 23.5 Å². The Balaban J connectivity index is 1.40. The fraction of sp³-hybridized carbons (Fsp3) is 0.560. The zero-order chi connectivity index (χ0) is 21.0. The van der Waals surface area contributed by atoms with Gasteiger partial charge in [0.25, 0.3) is 0 Å². The Labute approximate surface area is 182 Å². The van der Waals surface area contributed by atoms with Gasteiger partial charge in [-0.2, -0.15) is 0 Å². The number of nitrogens with one attached hydrogen (secondary N) is 1. The van der Waals surface area contributed by atoms with Gasteiger partial charge in [0, 0.05) is 0 Å². The second kappa shape index (κ2) is 9.31. The molecule has 4 nitrogen and oxygen atoms in total. The predicted molar refractivity (Wildman–Crippen MR) is 121 cm³/mol. The molecule has 1 aromatic carbocycles. The quantitative estimate of drug-likeness (QED) is 0.594. The van der Waals surface area contributed by atoms with E-state index < -0.39 is 0 Å². The lowest BCUT2D eigenvalue weighted by atomic mass is 9.63. The van der Waals surface area contributed by atoms with E-state index in [4.69, 9.17) is 4.74 Å². The minimum Gasteiger partial charge on any atom is -0.494 e. The molecule has 2 saturated carbocycles. The molecule has 2 N–H and O–H groups in total. The first kappa shape index (κ1) is 21.1. The molecule has 2 aliphatic rings. The van der Waals surface area contributed by atoms with Gasteiger partial charge in [0.1, 0.15) is 5.75 Å². The number of aromatic hydroxyl groups is 1. The van der Waals surface area contributed by atoms with Crippen LogP contribution >= 0.6 is 11.3 Å². The number of aromatic nitrogens is 1. The molecule has 2 atom stereocenters. The number of hydrogen-bond acceptors (Lipinski definition) is 4. The molecule has 0 radical (unpaired) electrons. The maximum Gasteiger partial charge on any atom is 0.307 e. The van der Waals surface area contributed by atoms with Crippen molar-refractivity contribution in [2.45, 2.75) is 70.6 Å². The summed E-state index contributed by atoms with van der Waals surface area (Å²) < 4.78 is 6.17. The van der Waals surface area contributed by atoms with Gasteiger partial charge in [-0.3, -0.25) is 9.78 Å². The van der Waals surface area contributed by atoms with Gasteiger partial charge in [-0.1, -0.05) is 55.1 Å². The Morgan fingerprint density at radius 2 is 1.93 bits per heavy atom. The lowest BCUT2D eigenvalue weighted by Crippen LogP contribution is -2.33. The van der Waals surface area contributed by atoms with E-state index >= 15 is 0 Å². The summed E-state index contributed by atoms with van der Waals surface area (Å²) in [7, 11) is 0. The van der Waals surface area contributed by atoms with Gasteiger partial charge in [-0.15, -0.1) is 5.92 Å². The molecule has 1 aromatic heterocycles. The van der Waals surface area contributed by atoms with E-state index in [0.717, 1.165) is 29.3 Å². The SMILES string of the molecule is CC#C[C@H](c1ccc(OCC2CCCC3(CCCCC3)C2)cc1)c1sc(=O)[nH]c1O. The standard InChI is InChI=1S/C25H31NO3S/c1-2-7-21(22-23(27)26-24(28)30-22)19-9-11-20(12-10-19)29-17-18-8-6-15-25(16-18)13-4-3-5-14-25/h9-12,18,21,27H,3-6,8,13-17H2,1H3,(H,26,28)/t18?,21-/m1/s1. The largest absolute Gasteiger partial charge is 0.494 e. The highest BCUT2D eigenvalue weighted by atomic mass is 32.1. The van der Waals surface area contributed by atoms with Crippen molar-refractivity contribution >= 4 is 11.3 Å². The van der Waals surface area contributed by atoms with Crippen molar-refractivity contribution in [1.29, 1.82) is 0 Å². The molecule has 1 unspecified atom stereocenters. The molecule has 30 heavy (non-hydrogen) atoms. The molecule has 2 aromatic rings. The maximum absolute atomic E-state index is 11.6. The maximum atomic E-state index is 11.6. The van der Waals surface area contributed by atoms with Crippen LogP contribution in [-0.2, 0) is 0 Å². The monoisotopic (exact) mass is 425 g/mol. The Morgan fingerprint density at radius 3 is 2.60 bits per heavy atom. The van der Waals surface area contributed by atoms with Gasteiger partial charge in [-0.05, 0) is 68.1 Å². The van der Waals surface area contributed by atoms with Crippen LogP contribution in [0.2, 0.25) is 0 Å². The first-order valence-electron chi connectivity index (χ1n) is 11.2. The second-order valence-electron chi connectivity index (χ2n) is 8.96. The molecule has 1 spiro atoms. The van der Waals surface area contributed by atoms with Crippen LogP contribution in [0.15, 0.2) is 29.1 Å². The first-order chi connectivity index (χ1) is 14.6. The van der Waals surface area contributed by atoms with Crippen molar-refractivity contribution in [2.24, 2.45) is 11.3 Å². The van der Waals surface area contributed by atoms with E-state index in [0.29, 0.717) is 16.2 Å². The van der Waals surface area contributed by atoms with Crippen LogP contribution in [-0.4, -0.2) is 16.7 Å². The lowest BCUT2D eigenvalue weighted by Gasteiger charge is -2.43. The lowest BCUT2D eigenvalue weighted by molar-refractivity contribution is 0.0658. The van der Waals surface area contributed by atoms with Crippen molar-refractivity contribution in [3.63, 3.8) is 0 Å². The Bertz CT molecular complexity index is 951. The molecule has 0 amide bonds. The molecule has 2 aliphatic carbocycles. The van der Waals surface area contributed by atoms with Gasteiger partial charge >= 0.3 is 4.87 Å². The van der Waals surface area contributed by atoms with Crippen LogP contribution in [0.3, 0.4) is 0 Å². The summed E-state index contributed by atoms with van der Waals surface area (Å²) >= 11 is 1.01. The summed E-state index contributed by atoms with van der Waals surface area (Å²) in [5.74, 6) is 7.13. The molecule has 5 heteroatoms. The number of aromatic amines is 1. The van der Waals surface area contributed by atoms with Crippen LogP contribution < -0.4 is 9.61 Å². The van der Waals surface area contributed by atoms with Crippen LogP contribution in [0, 0.1) is 23.2 Å². The minimum atomic E-state index is -0.322. The summed E-state index contributed by atoms with van der Waals surface area (Å²) in [5, 5.41) is 10.0. The minimum absolute atomic E-state index is 0.0907. The molecular formula is C25H31NO3S. The van der Waals surface area contributed by atoms with Crippen molar-refractivity contribution in [2.75, 3.05) is 6.61 Å². The number of rotatable bonds is 5. The van der Waals surface area contributed by atoms with Crippen LogP contribution in [0.25, 0.3) is 0 Å². The third-order valence-electron chi connectivity index (χ3n) is 6.86. The molecule has 0 bridgehead atoms. The Hall–Kier alpha value is -2.19. The van der Waals surface area contributed by atoms with E-state index in [-0.39, 0.29) is 16.7 Å². The highest BCUT2D eigenvalue weighted by Crippen LogP contribution is 2.49. The van der Waals surface area contributed by atoms with Crippen LogP contribution in [0.4, 0.5) is 0 Å². The third-order valence-corrected chi connectivity index (χ3v) is 7.80. The number of ether oxygens (including phenoxy) is 1. The van der Waals surface area contributed by atoms with Crippen molar-refractivity contribution < 1.29 is 9.84 Å². The fourth-order valence-electron chi connectivity index (χ4n) is 5.42. The fourth-order valence-corrected chi connectivity index (χ4v) is 6.23. The number of hydrogen-bond donors (Lipinski definition) is 2. The zero-order valence-electron chi connectivity index (χ0n) is 17.7. The summed E-state index contributed by atoms with van der Waals surface area (Å²) in [4.78, 5) is 14.3. The summed E-state index contributed by atoms with van der Waals surface area (Å²) in [6.07, 6.45) is 12.4. The van der Waals surface area contributed by atoms with Crippen molar-refractivity contribution in [1.82, 2.24) is 4.98 Å². The average Bonchev–Trinajstić information content (AvgIpc) is 3.09. The highest BCUT2D eigenvalue weighted by Gasteiger charge is 2.37. The van der Waals surface area contributed by atoms with Crippen LogP contribution in [0.5, 0.6) is 11.6 Å². The Kier molecular flexibility index (Phi) is 6.53. The van der Waals surface area contributed by atoms with E-state index in [2.05, 4.69) is 16.8 Å². The van der Waals surface area contributed by atoms with Gasteiger partial charge in [0.15, 0.2) is 0 Å². The highest BCUT2D eigenvalue weighted by molar-refractivity contribution is 7.09. The number of H-pyrrole nitrogens is 1. The van der Waals surface area contributed by atoms with Crippen molar-refractivity contribution in [3.05, 3.63) is 44.4 Å². The van der Waals surface area contributed by atoms with Gasteiger partial charge in [0.05, 0.1) is 17.4 Å². The zero-order valence-corrected chi connectivity index (χ0v) is 18.5. The molecule has 160 valence electrons. The molecule has 4 rings (SSSR count). The molecule has 1 heterocycles. The molecule has 0 aliphatic heterocycles.